The van der Waals surface area contributed by atoms with E-state index in [1.807, 2.05) is 24.3 Å². The number of hydrogen-bond donors (Lipinski definition) is 2. The monoisotopic (exact) mass is 395 g/mol. The van der Waals surface area contributed by atoms with E-state index in [0.29, 0.717) is 26.3 Å². The molecule has 6 nitrogen and oxygen atoms in total. The van der Waals surface area contributed by atoms with Gasteiger partial charge in [-0.25, -0.2) is 4.79 Å². The number of carbonyl (C=O) groups is 2. The van der Waals surface area contributed by atoms with Gasteiger partial charge in [0, 0.05) is 43.2 Å². The average molecular weight is 396 g/mol. The summed E-state index contributed by atoms with van der Waals surface area (Å²) in [5.74, 6) is -0.176. The van der Waals surface area contributed by atoms with Crippen LogP contribution in [0.4, 0.5) is 10.5 Å². The molecule has 3 amide bonds. The molecule has 0 aromatic heterocycles. The normalized spacial score (nSPS) is 22.4. The SMILES string of the molecule is CNC(=O)C1CN(C(=O)Nc2ccccc2Br)CC12CCOCC2. The van der Waals surface area contributed by atoms with Crippen molar-refractivity contribution in [3.8, 4) is 0 Å². The minimum Gasteiger partial charge on any atom is -0.381 e. The highest BCUT2D eigenvalue weighted by Gasteiger charge is 2.51. The van der Waals surface area contributed by atoms with Crippen LogP contribution < -0.4 is 10.6 Å². The Kier molecular flexibility index (Phi) is 5.10. The van der Waals surface area contributed by atoms with Crippen molar-refractivity contribution in [1.82, 2.24) is 10.2 Å². The Morgan fingerprint density at radius 2 is 2.00 bits per heavy atom. The first-order valence-corrected chi connectivity index (χ1v) is 8.95. The first-order valence-electron chi connectivity index (χ1n) is 8.15. The van der Waals surface area contributed by atoms with Crippen LogP contribution in [-0.2, 0) is 9.53 Å². The van der Waals surface area contributed by atoms with Gasteiger partial charge in [-0.05, 0) is 40.9 Å². The molecule has 0 bridgehead atoms. The lowest BCUT2D eigenvalue weighted by atomic mass is 9.72. The lowest BCUT2D eigenvalue weighted by molar-refractivity contribution is -0.129. The summed E-state index contributed by atoms with van der Waals surface area (Å²) in [6.45, 7) is 2.32. The van der Waals surface area contributed by atoms with Gasteiger partial charge in [-0.1, -0.05) is 12.1 Å². The van der Waals surface area contributed by atoms with Crippen LogP contribution in [0.1, 0.15) is 12.8 Å². The minimum atomic E-state index is -0.184. The van der Waals surface area contributed by atoms with Crippen LogP contribution in [0.2, 0.25) is 0 Å². The molecule has 1 atom stereocenters. The summed E-state index contributed by atoms with van der Waals surface area (Å²) in [4.78, 5) is 26.8. The molecule has 1 aromatic rings. The van der Waals surface area contributed by atoms with E-state index in [0.717, 1.165) is 23.0 Å². The maximum atomic E-state index is 12.7. The average Bonchev–Trinajstić information content (AvgIpc) is 2.96. The Labute approximate surface area is 150 Å². The van der Waals surface area contributed by atoms with E-state index in [9.17, 15) is 9.59 Å². The standard InChI is InChI=1S/C17H22BrN3O3/c1-19-15(22)12-10-21(11-17(12)6-8-24-9-7-17)16(23)20-14-5-3-2-4-13(14)18/h2-5,12H,6-11H2,1H3,(H,19,22)(H,20,23). The third-order valence-electron chi connectivity index (χ3n) is 5.10. The summed E-state index contributed by atoms with van der Waals surface area (Å²) in [6, 6.07) is 7.33. The van der Waals surface area contributed by atoms with Gasteiger partial charge in [0.2, 0.25) is 5.91 Å². The third kappa shape index (κ3) is 3.28. The highest BCUT2D eigenvalue weighted by Crippen LogP contribution is 2.44. The highest BCUT2D eigenvalue weighted by molar-refractivity contribution is 9.10. The molecule has 1 unspecified atom stereocenters. The predicted octanol–water partition coefficient (Wildman–Crippen LogP) is 2.46. The number of amides is 3. The van der Waals surface area contributed by atoms with Crippen molar-refractivity contribution in [2.24, 2.45) is 11.3 Å². The van der Waals surface area contributed by atoms with E-state index in [1.54, 1.807) is 11.9 Å². The van der Waals surface area contributed by atoms with E-state index in [4.69, 9.17) is 4.74 Å². The molecular formula is C17H22BrN3O3. The summed E-state index contributed by atoms with van der Waals surface area (Å²) in [6.07, 6.45) is 1.62. The van der Waals surface area contributed by atoms with Crippen LogP contribution in [0.25, 0.3) is 0 Å². The van der Waals surface area contributed by atoms with Crippen molar-refractivity contribution in [2.45, 2.75) is 12.8 Å². The smallest absolute Gasteiger partial charge is 0.321 e. The molecule has 0 aliphatic carbocycles. The Hall–Kier alpha value is -1.60. The number of urea groups is 1. The predicted molar refractivity (Wildman–Crippen MR) is 94.8 cm³/mol. The number of rotatable bonds is 2. The second-order valence-corrected chi connectivity index (χ2v) is 7.29. The van der Waals surface area contributed by atoms with Gasteiger partial charge in [0.25, 0.3) is 0 Å². The van der Waals surface area contributed by atoms with Crippen LogP contribution in [0.3, 0.4) is 0 Å². The van der Waals surface area contributed by atoms with Gasteiger partial charge in [0.15, 0.2) is 0 Å². The number of benzene rings is 1. The molecule has 0 radical (unpaired) electrons. The van der Waals surface area contributed by atoms with Gasteiger partial charge in [-0.2, -0.15) is 0 Å². The molecule has 1 aromatic carbocycles. The van der Waals surface area contributed by atoms with Crippen LogP contribution >= 0.6 is 15.9 Å². The van der Waals surface area contributed by atoms with Crippen LogP contribution in [-0.4, -0.2) is 50.2 Å². The molecule has 24 heavy (non-hydrogen) atoms. The largest absolute Gasteiger partial charge is 0.381 e. The number of nitrogens with zero attached hydrogens (tertiary/aromatic N) is 1. The number of halogens is 1. The van der Waals surface area contributed by atoms with Crippen molar-refractivity contribution in [3.63, 3.8) is 0 Å². The summed E-state index contributed by atoms with van der Waals surface area (Å²) in [7, 11) is 1.65. The number of anilines is 1. The molecule has 2 fully saturated rings. The molecule has 2 N–H and O–H groups in total. The summed E-state index contributed by atoms with van der Waals surface area (Å²) < 4.78 is 6.30. The van der Waals surface area contributed by atoms with E-state index in [1.165, 1.54) is 0 Å². The Balaban J connectivity index is 1.76. The number of ether oxygens (including phenoxy) is 1. The molecule has 0 saturated carbocycles. The Morgan fingerprint density at radius 3 is 2.67 bits per heavy atom. The molecule has 130 valence electrons. The number of para-hydroxylation sites is 1. The molecule has 2 heterocycles. The van der Waals surface area contributed by atoms with Crippen LogP contribution in [0, 0.1) is 11.3 Å². The van der Waals surface area contributed by atoms with E-state index < -0.39 is 0 Å². The van der Waals surface area contributed by atoms with Crippen molar-refractivity contribution in [2.75, 3.05) is 38.7 Å². The van der Waals surface area contributed by atoms with Crippen LogP contribution in [0.15, 0.2) is 28.7 Å². The Bertz CT molecular complexity index is 631. The van der Waals surface area contributed by atoms with Crippen molar-refractivity contribution >= 4 is 33.6 Å². The maximum absolute atomic E-state index is 12.7. The fraction of sp³-hybridized carbons (Fsp3) is 0.529. The highest BCUT2D eigenvalue weighted by atomic mass is 79.9. The van der Waals surface area contributed by atoms with Gasteiger partial charge in [-0.3, -0.25) is 4.79 Å². The Morgan fingerprint density at radius 1 is 1.29 bits per heavy atom. The summed E-state index contributed by atoms with van der Waals surface area (Å²) in [5, 5.41) is 5.68. The fourth-order valence-electron chi connectivity index (χ4n) is 3.70. The zero-order valence-electron chi connectivity index (χ0n) is 13.7. The molecular weight excluding hydrogens is 374 g/mol. The van der Waals surface area contributed by atoms with Gasteiger partial charge >= 0.3 is 6.03 Å². The summed E-state index contributed by atoms with van der Waals surface area (Å²) in [5.41, 5.74) is 0.552. The third-order valence-corrected chi connectivity index (χ3v) is 5.79. The van der Waals surface area contributed by atoms with Gasteiger partial charge in [0.05, 0.1) is 11.6 Å². The molecule has 2 saturated heterocycles. The van der Waals surface area contributed by atoms with Crippen LogP contribution in [0.5, 0.6) is 0 Å². The first kappa shape index (κ1) is 17.2. The lowest BCUT2D eigenvalue weighted by Crippen LogP contribution is -2.43. The molecule has 2 aliphatic rings. The zero-order chi connectivity index (χ0) is 17.2. The first-order chi connectivity index (χ1) is 11.6. The van der Waals surface area contributed by atoms with Crippen molar-refractivity contribution in [3.05, 3.63) is 28.7 Å². The summed E-state index contributed by atoms with van der Waals surface area (Å²) >= 11 is 3.44. The fourth-order valence-corrected chi connectivity index (χ4v) is 4.08. The molecule has 1 spiro atoms. The molecule has 3 rings (SSSR count). The van der Waals surface area contributed by atoms with Gasteiger partial charge in [-0.15, -0.1) is 0 Å². The topological polar surface area (TPSA) is 70.7 Å². The number of hydrogen-bond acceptors (Lipinski definition) is 3. The minimum absolute atomic E-state index is 0.00749. The van der Waals surface area contributed by atoms with E-state index in [-0.39, 0.29) is 23.3 Å². The quantitative estimate of drug-likeness (QED) is 0.807. The van der Waals surface area contributed by atoms with Crippen molar-refractivity contribution < 1.29 is 14.3 Å². The second kappa shape index (κ2) is 7.11. The zero-order valence-corrected chi connectivity index (χ0v) is 15.3. The lowest BCUT2D eigenvalue weighted by Gasteiger charge is -2.36. The van der Waals surface area contributed by atoms with Crippen molar-refractivity contribution in [1.29, 1.82) is 0 Å². The van der Waals surface area contributed by atoms with E-state index >= 15 is 0 Å². The number of nitrogens with one attached hydrogen (secondary N) is 2. The van der Waals surface area contributed by atoms with Gasteiger partial charge < -0.3 is 20.3 Å². The maximum Gasteiger partial charge on any atom is 0.321 e. The van der Waals surface area contributed by atoms with Gasteiger partial charge in [0.1, 0.15) is 0 Å². The van der Waals surface area contributed by atoms with E-state index in [2.05, 4.69) is 26.6 Å². The second-order valence-electron chi connectivity index (χ2n) is 6.43. The molecule has 2 aliphatic heterocycles. The number of carbonyl (C=O) groups excluding carboxylic acids is 2. The number of likely N-dealkylation sites (tertiary alicyclic amines) is 1. The molecule has 7 heteroatoms.